The number of likely N-dealkylation sites (tertiary alicyclic amines) is 1. The van der Waals surface area contributed by atoms with E-state index in [-0.39, 0.29) is 5.91 Å². The van der Waals surface area contributed by atoms with Gasteiger partial charge in [-0.2, -0.15) is 0 Å². The highest BCUT2D eigenvalue weighted by molar-refractivity contribution is 5.93. The first-order valence-corrected chi connectivity index (χ1v) is 9.30. The number of nitrogens with zero attached hydrogens (tertiary/aromatic N) is 3. The maximum absolute atomic E-state index is 13.0. The quantitative estimate of drug-likeness (QED) is 0.924. The topological polar surface area (TPSA) is 58.1 Å². The molecule has 5 nitrogen and oxygen atoms in total. The lowest BCUT2D eigenvalue weighted by Crippen LogP contribution is -2.32. The van der Waals surface area contributed by atoms with E-state index in [1.807, 2.05) is 41.3 Å². The van der Waals surface area contributed by atoms with Crippen LogP contribution in [0.5, 0.6) is 0 Å². The summed E-state index contributed by atoms with van der Waals surface area (Å²) < 4.78 is 0. The molecule has 5 heteroatoms. The highest BCUT2D eigenvalue weighted by Gasteiger charge is 2.24. The molecule has 2 aromatic rings. The predicted molar refractivity (Wildman–Crippen MR) is 98.5 cm³/mol. The van der Waals surface area contributed by atoms with Gasteiger partial charge in [0.1, 0.15) is 11.5 Å². The molecule has 130 valence electrons. The number of aromatic nitrogens is 2. The minimum atomic E-state index is 0.0281. The molecule has 1 aromatic carbocycles. The maximum atomic E-state index is 13.0. The maximum Gasteiger partial charge on any atom is 0.272 e. The van der Waals surface area contributed by atoms with Crippen molar-refractivity contribution in [3.63, 3.8) is 0 Å². The summed E-state index contributed by atoms with van der Waals surface area (Å²) in [5, 5.41) is 3.41. The van der Waals surface area contributed by atoms with E-state index in [1.165, 1.54) is 25.7 Å². The number of benzene rings is 1. The fourth-order valence-corrected chi connectivity index (χ4v) is 3.22. The van der Waals surface area contributed by atoms with E-state index in [2.05, 4.69) is 15.3 Å². The van der Waals surface area contributed by atoms with Gasteiger partial charge in [-0.1, -0.05) is 43.2 Å². The van der Waals surface area contributed by atoms with E-state index in [4.69, 9.17) is 0 Å². The number of carbonyl (C=O) groups is 1. The smallest absolute Gasteiger partial charge is 0.272 e. The molecule has 1 amide bonds. The van der Waals surface area contributed by atoms with Gasteiger partial charge in [0.15, 0.2) is 5.82 Å². The third-order valence-electron chi connectivity index (χ3n) is 4.80. The van der Waals surface area contributed by atoms with E-state index in [1.54, 1.807) is 0 Å². The first-order valence-electron chi connectivity index (χ1n) is 9.30. The van der Waals surface area contributed by atoms with Crippen LogP contribution in [-0.2, 0) is 0 Å². The van der Waals surface area contributed by atoms with Gasteiger partial charge in [-0.25, -0.2) is 9.97 Å². The average Bonchev–Trinajstić information content (AvgIpc) is 3.48. The van der Waals surface area contributed by atoms with Gasteiger partial charge in [0, 0.05) is 30.8 Å². The van der Waals surface area contributed by atoms with Crippen LogP contribution in [0.1, 0.15) is 49.0 Å². The van der Waals surface area contributed by atoms with E-state index < -0.39 is 0 Å². The Morgan fingerprint density at radius 1 is 1.00 bits per heavy atom. The van der Waals surface area contributed by atoms with Crippen molar-refractivity contribution < 1.29 is 4.79 Å². The molecule has 4 rings (SSSR count). The van der Waals surface area contributed by atoms with Gasteiger partial charge >= 0.3 is 0 Å². The Balaban J connectivity index is 1.66. The molecule has 0 spiro atoms. The summed E-state index contributed by atoms with van der Waals surface area (Å²) in [6.07, 6.45) is 6.90. The van der Waals surface area contributed by atoms with Crippen LogP contribution in [0.4, 0.5) is 5.82 Å². The number of amides is 1. The second-order valence-corrected chi connectivity index (χ2v) is 6.95. The molecular formula is C20H24N4O. The van der Waals surface area contributed by atoms with Gasteiger partial charge in [0.2, 0.25) is 0 Å². The lowest BCUT2D eigenvalue weighted by atomic mass is 10.2. The van der Waals surface area contributed by atoms with Crippen LogP contribution in [0.3, 0.4) is 0 Å². The molecule has 0 atom stereocenters. The molecule has 2 fully saturated rings. The Morgan fingerprint density at radius 3 is 2.40 bits per heavy atom. The predicted octanol–water partition coefficient (Wildman–Crippen LogP) is 3.73. The largest absolute Gasteiger partial charge is 0.367 e. The fourth-order valence-electron chi connectivity index (χ4n) is 3.22. The van der Waals surface area contributed by atoms with Gasteiger partial charge in [-0.3, -0.25) is 4.79 Å². The second kappa shape index (κ2) is 7.21. The highest BCUT2D eigenvalue weighted by Crippen LogP contribution is 2.26. The van der Waals surface area contributed by atoms with E-state index >= 15 is 0 Å². The first-order chi connectivity index (χ1) is 12.3. The zero-order valence-corrected chi connectivity index (χ0v) is 14.4. The number of nitrogens with one attached hydrogen (secondary N) is 1. The van der Waals surface area contributed by atoms with Crippen LogP contribution in [0.25, 0.3) is 11.4 Å². The van der Waals surface area contributed by atoms with Crippen LogP contribution in [0.15, 0.2) is 36.4 Å². The van der Waals surface area contributed by atoms with Crippen LogP contribution in [-0.4, -0.2) is 39.9 Å². The second-order valence-electron chi connectivity index (χ2n) is 6.95. The Bertz CT molecular complexity index is 735. The minimum absolute atomic E-state index is 0.0281. The minimum Gasteiger partial charge on any atom is -0.367 e. The molecule has 1 N–H and O–H groups in total. The summed E-state index contributed by atoms with van der Waals surface area (Å²) in [5.41, 5.74) is 1.44. The summed E-state index contributed by atoms with van der Waals surface area (Å²) >= 11 is 0. The van der Waals surface area contributed by atoms with Crippen molar-refractivity contribution in [1.82, 2.24) is 14.9 Å². The molecule has 1 aromatic heterocycles. The van der Waals surface area contributed by atoms with Crippen LogP contribution in [0.2, 0.25) is 0 Å². The Morgan fingerprint density at radius 2 is 1.72 bits per heavy atom. The number of hydrogen-bond acceptors (Lipinski definition) is 4. The van der Waals surface area contributed by atoms with Crippen molar-refractivity contribution in [3.05, 3.63) is 42.1 Å². The zero-order chi connectivity index (χ0) is 17.1. The standard InChI is InChI=1S/C20H24N4O/c25-20(24-12-6-1-2-7-13-24)17-14-18(21-16-10-11-16)23-19(22-17)15-8-4-3-5-9-15/h3-5,8-9,14,16H,1-2,6-7,10-13H2,(H,21,22,23). The highest BCUT2D eigenvalue weighted by atomic mass is 16.2. The molecule has 1 aliphatic heterocycles. The van der Waals surface area contributed by atoms with Gasteiger partial charge in [0.05, 0.1) is 0 Å². The van der Waals surface area contributed by atoms with Crippen LogP contribution in [0, 0.1) is 0 Å². The Labute approximate surface area is 148 Å². The summed E-state index contributed by atoms with van der Waals surface area (Å²) in [6, 6.07) is 12.2. The van der Waals surface area contributed by atoms with Crippen molar-refractivity contribution in [2.45, 2.75) is 44.6 Å². The first kappa shape index (κ1) is 16.1. The van der Waals surface area contributed by atoms with Crippen molar-refractivity contribution in [2.24, 2.45) is 0 Å². The summed E-state index contributed by atoms with van der Waals surface area (Å²) in [5.74, 6) is 1.40. The molecule has 1 saturated heterocycles. The molecule has 1 saturated carbocycles. The Kier molecular flexibility index (Phi) is 4.63. The molecular weight excluding hydrogens is 312 g/mol. The monoisotopic (exact) mass is 336 g/mol. The van der Waals surface area contributed by atoms with Crippen molar-refractivity contribution >= 4 is 11.7 Å². The molecule has 2 aliphatic rings. The Hall–Kier alpha value is -2.43. The lowest BCUT2D eigenvalue weighted by molar-refractivity contribution is 0.0756. The van der Waals surface area contributed by atoms with Gasteiger partial charge in [0.25, 0.3) is 5.91 Å². The summed E-state index contributed by atoms with van der Waals surface area (Å²) in [4.78, 5) is 24.2. The van der Waals surface area contributed by atoms with Gasteiger partial charge in [-0.05, 0) is 25.7 Å². The van der Waals surface area contributed by atoms with E-state index in [0.29, 0.717) is 17.6 Å². The summed E-state index contributed by atoms with van der Waals surface area (Å²) in [6.45, 7) is 1.66. The van der Waals surface area contributed by atoms with Crippen molar-refractivity contribution in [1.29, 1.82) is 0 Å². The van der Waals surface area contributed by atoms with Crippen LogP contribution >= 0.6 is 0 Å². The van der Waals surface area contributed by atoms with E-state index in [9.17, 15) is 4.79 Å². The van der Waals surface area contributed by atoms with Crippen molar-refractivity contribution in [2.75, 3.05) is 18.4 Å². The summed E-state index contributed by atoms with van der Waals surface area (Å²) in [7, 11) is 0. The fraction of sp³-hybridized carbons (Fsp3) is 0.450. The molecule has 0 unspecified atom stereocenters. The number of anilines is 1. The number of rotatable bonds is 4. The van der Waals surface area contributed by atoms with Gasteiger partial charge in [-0.15, -0.1) is 0 Å². The zero-order valence-electron chi connectivity index (χ0n) is 14.4. The van der Waals surface area contributed by atoms with Gasteiger partial charge < -0.3 is 10.2 Å². The average molecular weight is 336 g/mol. The molecule has 0 radical (unpaired) electrons. The van der Waals surface area contributed by atoms with Crippen LogP contribution < -0.4 is 5.32 Å². The third-order valence-corrected chi connectivity index (χ3v) is 4.80. The normalized spacial score (nSPS) is 17.8. The third kappa shape index (κ3) is 3.98. The van der Waals surface area contributed by atoms with E-state index in [0.717, 1.165) is 37.3 Å². The molecule has 25 heavy (non-hydrogen) atoms. The lowest BCUT2D eigenvalue weighted by Gasteiger charge is -2.20. The molecule has 1 aliphatic carbocycles. The number of hydrogen-bond donors (Lipinski definition) is 1. The number of carbonyl (C=O) groups excluding carboxylic acids is 1. The SMILES string of the molecule is O=C(c1cc(NC2CC2)nc(-c2ccccc2)n1)N1CCCCCC1. The molecule has 0 bridgehead atoms. The molecule has 2 heterocycles. The van der Waals surface area contributed by atoms with Crippen molar-refractivity contribution in [3.8, 4) is 11.4 Å².